The summed E-state index contributed by atoms with van der Waals surface area (Å²) in [5, 5.41) is 11.2. The molecule has 2 aromatic rings. The van der Waals surface area contributed by atoms with E-state index in [-0.39, 0.29) is 23.8 Å². The Hall–Kier alpha value is -2.81. The van der Waals surface area contributed by atoms with Crippen LogP contribution in [0.4, 0.5) is 0 Å². The van der Waals surface area contributed by atoms with E-state index in [0.29, 0.717) is 11.3 Å². The second-order valence-corrected chi connectivity index (χ2v) is 7.49. The minimum atomic E-state index is -3.24. The Morgan fingerprint density at radius 2 is 2.00 bits per heavy atom. The van der Waals surface area contributed by atoms with E-state index in [2.05, 4.69) is 5.32 Å². The van der Waals surface area contributed by atoms with Crippen LogP contribution in [0, 0.1) is 0 Å². The van der Waals surface area contributed by atoms with Crippen molar-refractivity contribution in [3.63, 3.8) is 0 Å². The van der Waals surface area contributed by atoms with Gasteiger partial charge in [-0.2, -0.15) is 0 Å². The van der Waals surface area contributed by atoms with Crippen molar-refractivity contribution in [2.24, 2.45) is 0 Å². The van der Waals surface area contributed by atoms with Crippen LogP contribution in [0.3, 0.4) is 0 Å². The van der Waals surface area contributed by atoms with Crippen molar-refractivity contribution in [1.29, 1.82) is 0 Å². The highest BCUT2D eigenvalue weighted by Gasteiger charge is 2.14. The third kappa shape index (κ3) is 6.30. The van der Waals surface area contributed by atoms with Gasteiger partial charge < -0.3 is 19.6 Å². The third-order valence-electron chi connectivity index (χ3n) is 3.00. The van der Waals surface area contributed by atoms with Gasteiger partial charge in [-0.3, -0.25) is 4.79 Å². The van der Waals surface area contributed by atoms with Gasteiger partial charge in [0.2, 0.25) is 0 Å². The average Bonchev–Trinajstić information content (AvgIpc) is 2.97. The van der Waals surface area contributed by atoms with Gasteiger partial charge in [0.15, 0.2) is 22.2 Å². The predicted octanol–water partition coefficient (Wildman–Crippen LogP) is 1.22. The molecule has 134 valence electrons. The van der Waals surface area contributed by atoms with Crippen molar-refractivity contribution in [2.45, 2.75) is 12.3 Å². The van der Waals surface area contributed by atoms with E-state index >= 15 is 0 Å². The lowest BCUT2D eigenvalue weighted by Crippen LogP contribution is -2.22. The monoisotopic (exact) mass is 367 g/mol. The summed E-state index contributed by atoms with van der Waals surface area (Å²) < 4.78 is 32.7. The Bertz CT molecular complexity index is 870. The van der Waals surface area contributed by atoms with Crippen molar-refractivity contribution in [2.75, 3.05) is 12.9 Å². The molecule has 1 amide bonds. The Labute approximate surface area is 144 Å². The molecule has 0 bridgehead atoms. The van der Waals surface area contributed by atoms with Crippen LogP contribution in [-0.4, -0.2) is 38.3 Å². The van der Waals surface area contributed by atoms with Crippen molar-refractivity contribution < 1.29 is 32.3 Å². The summed E-state index contributed by atoms with van der Waals surface area (Å²) in [6, 6.07) is 9.48. The van der Waals surface area contributed by atoms with Crippen molar-refractivity contribution >= 4 is 21.7 Å². The van der Waals surface area contributed by atoms with Crippen molar-refractivity contribution in [1.82, 2.24) is 5.32 Å². The van der Waals surface area contributed by atoms with E-state index < -0.39 is 28.3 Å². The Kier molecular flexibility index (Phi) is 5.81. The highest BCUT2D eigenvalue weighted by molar-refractivity contribution is 7.89. The number of nitrogens with one attached hydrogen (secondary N) is 1. The molecule has 0 aliphatic carbocycles. The van der Waals surface area contributed by atoms with Crippen LogP contribution in [0.1, 0.15) is 21.9 Å². The summed E-state index contributed by atoms with van der Waals surface area (Å²) in [6.45, 7) is -0.281. The van der Waals surface area contributed by atoms with Gasteiger partial charge in [0.25, 0.3) is 5.91 Å². The maximum absolute atomic E-state index is 12.0. The molecule has 2 N–H and O–H groups in total. The van der Waals surface area contributed by atoms with E-state index in [4.69, 9.17) is 14.3 Å². The second kappa shape index (κ2) is 7.84. The number of carboxylic acids is 1. The number of carboxylic acid groups (broad SMARTS) is 1. The molecule has 0 atom stereocenters. The number of sulfone groups is 1. The first-order valence-electron chi connectivity index (χ1n) is 7.21. The number of carbonyl (C=O) groups excluding carboxylic acids is 1. The second-order valence-electron chi connectivity index (χ2n) is 5.35. The molecule has 0 saturated heterocycles. The molecule has 1 aromatic heterocycles. The zero-order valence-corrected chi connectivity index (χ0v) is 14.2. The maximum Gasteiger partial charge on any atom is 0.341 e. The Balaban J connectivity index is 1.93. The number of furan rings is 1. The first-order valence-corrected chi connectivity index (χ1v) is 9.27. The molecular weight excluding hydrogens is 350 g/mol. The molecular formula is C16H17NO7S. The van der Waals surface area contributed by atoms with Crippen LogP contribution >= 0.6 is 0 Å². The lowest BCUT2D eigenvalue weighted by atomic mass is 10.2. The van der Waals surface area contributed by atoms with Gasteiger partial charge in [-0.25, -0.2) is 13.2 Å². The number of rotatable bonds is 8. The number of hydrogen-bond donors (Lipinski definition) is 2. The number of amides is 1. The minimum absolute atomic E-state index is 0.0110. The maximum atomic E-state index is 12.0. The molecule has 1 heterocycles. The van der Waals surface area contributed by atoms with Crippen LogP contribution in [0.15, 0.2) is 40.8 Å². The molecule has 8 nitrogen and oxygen atoms in total. The van der Waals surface area contributed by atoms with E-state index in [1.54, 1.807) is 24.3 Å². The normalized spacial score (nSPS) is 11.1. The van der Waals surface area contributed by atoms with E-state index in [0.717, 1.165) is 6.26 Å². The molecule has 2 rings (SSSR count). The zero-order chi connectivity index (χ0) is 18.4. The first-order chi connectivity index (χ1) is 11.7. The molecule has 0 radical (unpaired) electrons. The smallest absolute Gasteiger partial charge is 0.341 e. The minimum Gasteiger partial charge on any atom is -0.482 e. The highest BCUT2D eigenvalue weighted by atomic mass is 32.2. The molecule has 9 heteroatoms. The number of benzene rings is 1. The number of ether oxygens (including phenoxy) is 1. The molecule has 0 spiro atoms. The summed E-state index contributed by atoms with van der Waals surface area (Å²) in [6.07, 6.45) is 1.08. The summed E-state index contributed by atoms with van der Waals surface area (Å²) in [5.74, 6) is -1.27. The van der Waals surface area contributed by atoms with Gasteiger partial charge in [0, 0.05) is 12.8 Å². The van der Waals surface area contributed by atoms with Crippen molar-refractivity contribution in [3.8, 4) is 5.75 Å². The summed E-state index contributed by atoms with van der Waals surface area (Å²) >= 11 is 0. The van der Waals surface area contributed by atoms with Gasteiger partial charge >= 0.3 is 5.97 Å². The van der Waals surface area contributed by atoms with Gasteiger partial charge in [-0.1, -0.05) is 12.1 Å². The topological polar surface area (TPSA) is 123 Å². The van der Waals surface area contributed by atoms with Gasteiger partial charge in [0.1, 0.15) is 17.3 Å². The van der Waals surface area contributed by atoms with Gasteiger partial charge in [0.05, 0.1) is 0 Å². The summed E-state index contributed by atoms with van der Waals surface area (Å²) in [7, 11) is -3.24. The van der Waals surface area contributed by atoms with Gasteiger partial charge in [-0.05, 0) is 29.8 Å². The fourth-order valence-corrected chi connectivity index (χ4v) is 2.67. The lowest BCUT2D eigenvalue weighted by Gasteiger charge is -2.07. The van der Waals surface area contributed by atoms with Gasteiger partial charge in [-0.15, -0.1) is 0 Å². The largest absolute Gasteiger partial charge is 0.482 e. The first kappa shape index (κ1) is 18.5. The van der Waals surface area contributed by atoms with Crippen LogP contribution in [0.25, 0.3) is 0 Å². The number of hydrogen-bond acceptors (Lipinski definition) is 6. The van der Waals surface area contributed by atoms with E-state index in [1.165, 1.54) is 12.1 Å². The third-order valence-corrected chi connectivity index (χ3v) is 3.81. The standard InChI is InChI=1S/C16H17NO7S/c1-25(21,22)10-13-5-6-14(24-13)16(20)17-8-11-3-2-4-12(7-11)23-9-15(18)19/h2-7H,8-10H2,1H3,(H,17,20)(H,18,19). The fourth-order valence-electron chi connectivity index (χ4n) is 2.00. The average molecular weight is 367 g/mol. The number of aliphatic carboxylic acids is 1. The number of carbonyl (C=O) groups is 2. The fraction of sp³-hybridized carbons (Fsp3) is 0.250. The Morgan fingerprint density at radius 1 is 1.24 bits per heavy atom. The van der Waals surface area contributed by atoms with Crippen LogP contribution in [0.5, 0.6) is 5.75 Å². The molecule has 25 heavy (non-hydrogen) atoms. The van der Waals surface area contributed by atoms with Crippen LogP contribution in [-0.2, 0) is 26.9 Å². The van der Waals surface area contributed by atoms with Crippen LogP contribution in [0.2, 0.25) is 0 Å². The highest BCUT2D eigenvalue weighted by Crippen LogP contribution is 2.14. The zero-order valence-electron chi connectivity index (χ0n) is 13.4. The van der Waals surface area contributed by atoms with Crippen molar-refractivity contribution in [3.05, 3.63) is 53.5 Å². The Morgan fingerprint density at radius 3 is 2.68 bits per heavy atom. The lowest BCUT2D eigenvalue weighted by molar-refractivity contribution is -0.139. The van der Waals surface area contributed by atoms with E-state index in [9.17, 15) is 18.0 Å². The SMILES string of the molecule is CS(=O)(=O)Cc1ccc(C(=O)NCc2cccc(OCC(=O)O)c2)o1. The predicted molar refractivity (Wildman–Crippen MR) is 88.0 cm³/mol. The molecule has 1 aromatic carbocycles. The molecule has 0 aliphatic heterocycles. The molecule has 0 saturated carbocycles. The summed E-state index contributed by atoms with van der Waals surface area (Å²) in [5.41, 5.74) is 0.708. The molecule has 0 unspecified atom stereocenters. The quantitative estimate of drug-likeness (QED) is 0.719. The van der Waals surface area contributed by atoms with Crippen LogP contribution < -0.4 is 10.1 Å². The molecule has 0 fully saturated rings. The summed E-state index contributed by atoms with van der Waals surface area (Å²) in [4.78, 5) is 22.5. The molecule has 0 aliphatic rings. The van der Waals surface area contributed by atoms with E-state index in [1.807, 2.05) is 0 Å².